The van der Waals surface area contributed by atoms with Crippen molar-refractivity contribution in [2.24, 2.45) is 0 Å². The van der Waals surface area contributed by atoms with Crippen LogP contribution >= 0.6 is 11.8 Å². The molecule has 0 N–H and O–H groups in total. The van der Waals surface area contributed by atoms with E-state index in [4.69, 9.17) is 0 Å². The van der Waals surface area contributed by atoms with Crippen LogP contribution in [0.4, 0.5) is 13.2 Å². The summed E-state index contributed by atoms with van der Waals surface area (Å²) in [4.78, 5) is 0. The Morgan fingerprint density at radius 2 is 1.58 bits per heavy atom. The third-order valence-corrected chi connectivity index (χ3v) is 5.82. The molecule has 158 valence electrons. The van der Waals surface area contributed by atoms with Gasteiger partial charge in [-0.3, -0.25) is 4.57 Å². The first-order valence-corrected chi connectivity index (χ1v) is 10.7. The van der Waals surface area contributed by atoms with E-state index >= 15 is 0 Å². The molecule has 1 aromatic heterocycles. The zero-order valence-electron chi connectivity index (χ0n) is 17.0. The van der Waals surface area contributed by atoms with E-state index in [0.29, 0.717) is 22.3 Å². The van der Waals surface area contributed by atoms with E-state index in [1.807, 2.05) is 66.9 Å². The molecule has 3 nitrogen and oxygen atoms in total. The summed E-state index contributed by atoms with van der Waals surface area (Å²) < 4.78 is 41.1. The third kappa shape index (κ3) is 4.82. The van der Waals surface area contributed by atoms with E-state index in [1.54, 1.807) is 6.07 Å². The van der Waals surface area contributed by atoms with Gasteiger partial charge in [-0.05, 0) is 43.7 Å². The molecule has 1 heterocycles. The maximum Gasteiger partial charge on any atom is 0.416 e. The molecule has 0 aliphatic heterocycles. The molecule has 0 saturated carbocycles. The first-order chi connectivity index (χ1) is 14.8. The zero-order chi connectivity index (χ0) is 22.0. The van der Waals surface area contributed by atoms with Crippen molar-refractivity contribution in [3.8, 4) is 17.1 Å². The van der Waals surface area contributed by atoms with Gasteiger partial charge in [-0.25, -0.2) is 0 Å². The van der Waals surface area contributed by atoms with E-state index in [0.717, 1.165) is 28.4 Å². The van der Waals surface area contributed by atoms with Gasteiger partial charge in [0.2, 0.25) is 0 Å². The van der Waals surface area contributed by atoms with Crippen molar-refractivity contribution < 1.29 is 13.2 Å². The van der Waals surface area contributed by atoms with Crippen molar-refractivity contribution in [3.63, 3.8) is 0 Å². The molecule has 0 radical (unpaired) electrons. The zero-order valence-corrected chi connectivity index (χ0v) is 17.8. The number of rotatable bonds is 5. The lowest BCUT2D eigenvalue weighted by atomic mass is 10.1. The van der Waals surface area contributed by atoms with Crippen molar-refractivity contribution in [1.82, 2.24) is 14.8 Å². The Bertz CT molecular complexity index is 1200. The van der Waals surface area contributed by atoms with Gasteiger partial charge in [0, 0.05) is 17.0 Å². The van der Waals surface area contributed by atoms with Crippen molar-refractivity contribution in [3.05, 3.63) is 95.1 Å². The number of nitrogens with zero attached hydrogens (tertiary/aromatic N) is 3. The number of hydrogen-bond donors (Lipinski definition) is 0. The summed E-state index contributed by atoms with van der Waals surface area (Å²) in [6, 6.07) is 21.4. The van der Waals surface area contributed by atoms with Gasteiger partial charge in [-0.1, -0.05) is 71.4 Å². The van der Waals surface area contributed by atoms with E-state index in [1.165, 1.54) is 23.9 Å². The summed E-state index contributed by atoms with van der Waals surface area (Å²) in [5.41, 5.74) is 4.00. The van der Waals surface area contributed by atoms with Gasteiger partial charge in [-0.2, -0.15) is 13.2 Å². The highest BCUT2D eigenvalue weighted by Gasteiger charge is 2.30. The van der Waals surface area contributed by atoms with Crippen molar-refractivity contribution in [2.45, 2.75) is 30.9 Å². The monoisotopic (exact) mass is 439 g/mol. The van der Waals surface area contributed by atoms with Crippen LogP contribution in [0.1, 0.15) is 22.3 Å². The number of aryl methyl sites for hydroxylation is 2. The van der Waals surface area contributed by atoms with Gasteiger partial charge < -0.3 is 0 Å². The predicted octanol–water partition coefficient (Wildman–Crippen LogP) is 6.86. The first kappa shape index (κ1) is 21.2. The number of benzene rings is 3. The van der Waals surface area contributed by atoms with E-state index in [9.17, 15) is 13.2 Å². The smallest absolute Gasteiger partial charge is 0.270 e. The fourth-order valence-electron chi connectivity index (χ4n) is 3.25. The summed E-state index contributed by atoms with van der Waals surface area (Å²) in [5, 5.41) is 9.39. The second-order valence-corrected chi connectivity index (χ2v) is 8.28. The quantitative estimate of drug-likeness (QED) is 0.318. The standard InChI is InChI=1S/C24H20F3N3S/c1-16-9-11-21(12-10-16)30-22(19-7-3-5-17(2)13-19)28-29-23(30)31-15-18-6-4-8-20(14-18)24(25,26)27/h3-14H,15H2,1-2H3. The first-order valence-electron chi connectivity index (χ1n) is 9.70. The maximum absolute atomic E-state index is 13.0. The SMILES string of the molecule is Cc1ccc(-n2c(SCc3cccc(C(F)(F)F)c3)nnc2-c2cccc(C)c2)cc1. The molecule has 0 fully saturated rings. The van der Waals surface area contributed by atoms with Gasteiger partial charge in [0.15, 0.2) is 11.0 Å². The van der Waals surface area contributed by atoms with Crippen molar-refractivity contribution in [1.29, 1.82) is 0 Å². The molecule has 0 unspecified atom stereocenters. The molecule has 3 aromatic carbocycles. The summed E-state index contributed by atoms with van der Waals surface area (Å²) in [6.07, 6.45) is -4.36. The lowest BCUT2D eigenvalue weighted by molar-refractivity contribution is -0.137. The molecule has 0 bridgehead atoms. The molecule has 7 heteroatoms. The van der Waals surface area contributed by atoms with Crippen LogP contribution in [0.15, 0.2) is 78.0 Å². The van der Waals surface area contributed by atoms with Gasteiger partial charge >= 0.3 is 6.18 Å². The molecular formula is C24H20F3N3S. The lowest BCUT2D eigenvalue weighted by Crippen LogP contribution is -2.05. The number of halogens is 3. The topological polar surface area (TPSA) is 30.7 Å². The predicted molar refractivity (Wildman–Crippen MR) is 117 cm³/mol. The Kier molecular flexibility index (Phi) is 5.87. The maximum atomic E-state index is 13.0. The minimum atomic E-state index is -4.36. The fourth-order valence-corrected chi connectivity index (χ4v) is 4.14. The average molecular weight is 440 g/mol. The Balaban J connectivity index is 1.70. The van der Waals surface area contributed by atoms with Gasteiger partial charge in [0.25, 0.3) is 0 Å². The van der Waals surface area contributed by atoms with Gasteiger partial charge in [0.05, 0.1) is 5.56 Å². The van der Waals surface area contributed by atoms with Crippen LogP contribution in [0, 0.1) is 13.8 Å². The van der Waals surface area contributed by atoms with Crippen molar-refractivity contribution in [2.75, 3.05) is 0 Å². The number of aromatic nitrogens is 3. The second kappa shape index (κ2) is 8.59. The average Bonchev–Trinajstić information content (AvgIpc) is 3.16. The highest BCUT2D eigenvalue weighted by Crippen LogP contribution is 2.33. The van der Waals surface area contributed by atoms with E-state index in [-0.39, 0.29) is 0 Å². The van der Waals surface area contributed by atoms with Crippen LogP contribution in [0.3, 0.4) is 0 Å². The van der Waals surface area contributed by atoms with Crippen molar-refractivity contribution >= 4 is 11.8 Å². The highest BCUT2D eigenvalue weighted by atomic mass is 32.2. The number of hydrogen-bond acceptors (Lipinski definition) is 3. The Hall–Kier alpha value is -3.06. The number of thioether (sulfide) groups is 1. The number of alkyl halides is 3. The Morgan fingerprint density at radius 3 is 2.29 bits per heavy atom. The molecular weight excluding hydrogens is 419 g/mol. The van der Waals surface area contributed by atoms with Crippen LogP contribution < -0.4 is 0 Å². The van der Waals surface area contributed by atoms with Gasteiger partial charge in [-0.15, -0.1) is 10.2 Å². The highest BCUT2D eigenvalue weighted by molar-refractivity contribution is 7.98. The molecule has 4 aromatic rings. The third-order valence-electron chi connectivity index (χ3n) is 4.82. The molecule has 0 spiro atoms. The minimum absolute atomic E-state index is 0.349. The molecule has 0 saturated heterocycles. The molecule has 31 heavy (non-hydrogen) atoms. The Labute approximate surface area is 183 Å². The summed E-state index contributed by atoms with van der Waals surface area (Å²) in [5.74, 6) is 1.04. The van der Waals surface area contributed by atoms with Crippen LogP contribution in [0.5, 0.6) is 0 Å². The van der Waals surface area contributed by atoms with Crippen LogP contribution in [0.25, 0.3) is 17.1 Å². The van der Waals surface area contributed by atoms with Gasteiger partial charge in [0.1, 0.15) is 0 Å². The molecule has 0 amide bonds. The largest absolute Gasteiger partial charge is 0.416 e. The lowest BCUT2D eigenvalue weighted by Gasteiger charge is -2.12. The molecule has 0 aliphatic rings. The van der Waals surface area contributed by atoms with E-state index < -0.39 is 11.7 Å². The molecule has 0 aliphatic carbocycles. The van der Waals surface area contributed by atoms with Crippen LogP contribution in [-0.4, -0.2) is 14.8 Å². The fraction of sp³-hybridized carbons (Fsp3) is 0.167. The summed E-state index contributed by atoms with van der Waals surface area (Å²) in [7, 11) is 0. The normalized spacial score (nSPS) is 11.6. The molecule has 0 atom stereocenters. The van der Waals surface area contributed by atoms with E-state index in [2.05, 4.69) is 10.2 Å². The second-order valence-electron chi connectivity index (χ2n) is 7.33. The van der Waals surface area contributed by atoms with Crippen LogP contribution in [-0.2, 0) is 11.9 Å². The molecule has 4 rings (SSSR count). The van der Waals surface area contributed by atoms with Crippen LogP contribution in [0.2, 0.25) is 0 Å². The summed E-state index contributed by atoms with van der Waals surface area (Å²) >= 11 is 1.36. The summed E-state index contributed by atoms with van der Waals surface area (Å²) in [6.45, 7) is 4.03. The minimum Gasteiger partial charge on any atom is -0.270 e. The Morgan fingerprint density at radius 1 is 0.839 bits per heavy atom.